The molecule has 0 unspecified atom stereocenters. The van der Waals surface area contributed by atoms with Crippen LogP contribution in [0.4, 0.5) is 16.2 Å². The Morgan fingerprint density at radius 2 is 1.66 bits per heavy atom. The topological polar surface area (TPSA) is 67.3 Å². The second kappa shape index (κ2) is 7.32. The van der Waals surface area contributed by atoms with Crippen molar-refractivity contribution in [2.24, 2.45) is 0 Å². The molecule has 0 saturated carbocycles. The minimum absolute atomic E-state index is 0.214. The van der Waals surface area contributed by atoms with Crippen molar-refractivity contribution >= 4 is 17.5 Å². The third-order valence-electron chi connectivity index (χ3n) is 4.95. The molecule has 0 saturated heterocycles. The molecule has 0 radical (unpaired) electrons. The predicted molar refractivity (Wildman–Crippen MR) is 116 cm³/mol. The van der Waals surface area contributed by atoms with Gasteiger partial charge in [0.15, 0.2) is 0 Å². The van der Waals surface area contributed by atoms with Crippen LogP contribution in [0.3, 0.4) is 0 Å². The summed E-state index contributed by atoms with van der Waals surface area (Å²) in [7, 11) is 0. The molecule has 156 valence electrons. The van der Waals surface area contributed by atoms with Gasteiger partial charge in [0.1, 0.15) is 5.60 Å². The zero-order chi connectivity index (χ0) is 21.4. The van der Waals surface area contributed by atoms with Crippen molar-refractivity contribution in [1.29, 1.82) is 0 Å². The van der Waals surface area contributed by atoms with E-state index >= 15 is 0 Å². The Labute approximate surface area is 173 Å². The fourth-order valence-corrected chi connectivity index (χ4v) is 3.86. The van der Waals surface area contributed by atoms with E-state index in [1.165, 1.54) is 11.3 Å². The molecule has 29 heavy (non-hydrogen) atoms. The fourth-order valence-electron chi connectivity index (χ4n) is 3.86. The zero-order valence-corrected chi connectivity index (χ0v) is 18.5. The standard InChI is InChI=1S/C14H20N2O2.C9H12N2/c1-13(2,3)18-12(17)16-11-9-15-7-6-10(11)8-14(16,4)5;1-9(2)5-7-3-4-10-6-8(7)11-9/h6-7,9H,8H2,1-5H3;3-4,6,11H,5H2,1-2H3. The molecule has 0 atom stereocenters. The molecule has 0 bridgehead atoms. The molecule has 6 heteroatoms. The van der Waals surface area contributed by atoms with Gasteiger partial charge < -0.3 is 10.1 Å². The second-order valence-corrected chi connectivity index (χ2v) is 10.0. The Morgan fingerprint density at radius 3 is 2.28 bits per heavy atom. The van der Waals surface area contributed by atoms with Crippen molar-refractivity contribution in [1.82, 2.24) is 9.97 Å². The number of pyridine rings is 2. The number of nitrogens with one attached hydrogen (secondary N) is 1. The smallest absolute Gasteiger partial charge is 0.415 e. The van der Waals surface area contributed by atoms with Crippen LogP contribution < -0.4 is 10.2 Å². The summed E-state index contributed by atoms with van der Waals surface area (Å²) in [5.74, 6) is 0. The maximum absolute atomic E-state index is 12.3. The zero-order valence-electron chi connectivity index (χ0n) is 18.5. The molecule has 2 aliphatic heterocycles. The molecule has 1 amide bonds. The molecule has 0 spiro atoms. The minimum atomic E-state index is -0.488. The summed E-state index contributed by atoms with van der Waals surface area (Å²) in [5, 5.41) is 3.41. The number of fused-ring (bicyclic) bond motifs is 2. The van der Waals surface area contributed by atoms with E-state index in [1.807, 2.05) is 53.1 Å². The first-order valence-corrected chi connectivity index (χ1v) is 10.1. The summed E-state index contributed by atoms with van der Waals surface area (Å²) in [6.07, 6.45) is 8.85. The summed E-state index contributed by atoms with van der Waals surface area (Å²) in [6, 6.07) is 4.04. The lowest BCUT2D eigenvalue weighted by atomic mass is 10.00. The van der Waals surface area contributed by atoms with Gasteiger partial charge in [0.25, 0.3) is 0 Å². The monoisotopic (exact) mass is 396 g/mol. The van der Waals surface area contributed by atoms with E-state index in [9.17, 15) is 4.79 Å². The molecule has 0 fully saturated rings. The van der Waals surface area contributed by atoms with Gasteiger partial charge in [0.05, 0.1) is 23.8 Å². The fraction of sp³-hybridized carbons (Fsp3) is 0.522. The maximum Gasteiger partial charge on any atom is 0.415 e. The van der Waals surface area contributed by atoms with Crippen LogP contribution in [0.25, 0.3) is 0 Å². The van der Waals surface area contributed by atoms with E-state index < -0.39 is 5.60 Å². The van der Waals surface area contributed by atoms with E-state index in [0.717, 1.165) is 24.1 Å². The Hall–Kier alpha value is -2.63. The summed E-state index contributed by atoms with van der Waals surface area (Å²) in [6.45, 7) is 14.1. The Balaban J connectivity index is 0.000000186. The molecule has 4 heterocycles. The number of carbonyl (C=O) groups excluding carboxylic acids is 1. The molecular formula is C23H32N4O2. The molecule has 2 aliphatic rings. The van der Waals surface area contributed by atoms with Crippen molar-refractivity contribution in [2.75, 3.05) is 10.2 Å². The van der Waals surface area contributed by atoms with Crippen LogP contribution in [0.5, 0.6) is 0 Å². The maximum atomic E-state index is 12.3. The van der Waals surface area contributed by atoms with Crippen LogP contribution in [0.2, 0.25) is 0 Å². The summed E-state index contributed by atoms with van der Waals surface area (Å²) in [5.41, 5.74) is 4.03. The van der Waals surface area contributed by atoms with Crippen molar-refractivity contribution in [3.8, 4) is 0 Å². The second-order valence-electron chi connectivity index (χ2n) is 10.0. The number of rotatable bonds is 0. The quantitative estimate of drug-likeness (QED) is 0.680. The van der Waals surface area contributed by atoms with Gasteiger partial charge in [-0.25, -0.2) is 4.79 Å². The number of carbonyl (C=O) groups is 1. The predicted octanol–water partition coefficient (Wildman–Crippen LogP) is 4.99. The number of hydrogen-bond donors (Lipinski definition) is 1. The lowest BCUT2D eigenvalue weighted by Gasteiger charge is -2.33. The van der Waals surface area contributed by atoms with Crippen LogP contribution in [-0.4, -0.2) is 32.7 Å². The lowest BCUT2D eigenvalue weighted by Crippen LogP contribution is -2.47. The molecule has 0 aliphatic carbocycles. The van der Waals surface area contributed by atoms with Crippen molar-refractivity contribution in [2.45, 2.75) is 78.0 Å². The first-order valence-electron chi connectivity index (χ1n) is 10.1. The van der Waals surface area contributed by atoms with E-state index in [2.05, 4.69) is 35.2 Å². The first kappa shape index (κ1) is 21.1. The number of amides is 1. The third-order valence-corrected chi connectivity index (χ3v) is 4.95. The van der Waals surface area contributed by atoms with E-state index in [1.54, 1.807) is 17.3 Å². The Kier molecular flexibility index (Phi) is 5.32. The van der Waals surface area contributed by atoms with Crippen LogP contribution in [0.15, 0.2) is 36.9 Å². The van der Waals surface area contributed by atoms with Gasteiger partial charge in [0.2, 0.25) is 0 Å². The SMILES string of the molecule is CC(C)(C)OC(=O)N1c2cnccc2CC1(C)C.CC1(C)Cc2ccncc2N1. The van der Waals surface area contributed by atoms with Gasteiger partial charge in [-0.15, -0.1) is 0 Å². The van der Waals surface area contributed by atoms with Gasteiger partial charge in [-0.05, 0) is 84.6 Å². The van der Waals surface area contributed by atoms with Crippen LogP contribution in [-0.2, 0) is 17.6 Å². The van der Waals surface area contributed by atoms with E-state index in [0.29, 0.717) is 0 Å². The van der Waals surface area contributed by atoms with Gasteiger partial charge in [-0.3, -0.25) is 14.9 Å². The summed E-state index contributed by atoms with van der Waals surface area (Å²) < 4.78 is 5.47. The van der Waals surface area contributed by atoms with E-state index in [4.69, 9.17) is 4.74 Å². The summed E-state index contributed by atoms with van der Waals surface area (Å²) in [4.78, 5) is 22.2. The third kappa shape index (κ3) is 4.86. The molecule has 2 aromatic heterocycles. The number of aromatic nitrogens is 2. The van der Waals surface area contributed by atoms with Gasteiger partial charge >= 0.3 is 6.09 Å². The minimum Gasteiger partial charge on any atom is -0.443 e. The summed E-state index contributed by atoms with van der Waals surface area (Å²) >= 11 is 0. The van der Waals surface area contributed by atoms with Crippen LogP contribution >= 0.6 is 0 Å². The number of hydrogen-bond acceptors (Lipinski definition) is 5. The van der Waals surface area contributed by atoms with Crippen LogP contribution in [0.1, 0.15) is 59.6 Å². The van der Waals surface area contributed by atoms with E-state index in [-0.39, 0.29) is 17.2 Å². The average Bonchev–Trinajstić information content (AvgIpc) is 3.03. The molecule has 4 rings (SSSR count). The molecular weight excluding hydrogens is 364 g/mol. The van der Waals surface area contributed by atoms with Crippen molar-refractivity contribution in [3.05, 3.63) is 48.0 Å². The lowest BCUT2D eigenvalue weighted by molar-refractivity contribution is 0.0552. The molecule has 0 aromatic carbocycles. The molecule has 1 N–H and O–H groups in total. The average molecular weight is 397 g/mol. The highest BCUT2D eigenvalue weighted by molar-refractivity contribution is 5.92. The van der Waals surface area contributed by atoms with Crippen LogP contribution in [0, 0.1) is 0 Å². The highest BCUT2D eigenvalue weighted by Crippen LogP contribution is 2.38. The Bertz CT molecular complexity index is 873. The number of anilines is 2. The molecule has 6 nitrogen and oxygen atoms in total. The van der Waals surface area contributed by atoms with Gasteiger partial charge in [-0.2, -0.15) is 0 Å². The highest BCUT2D eigenvalue weighted by atomic mass is 16.6. The molecule has 2 aromatic rings. The van der Waals surface area contributed by atoms with Gasteiger partial charge in [0, 0.05) is 23.5 Å². The number of nitrogens with zero attached hydrogens (tertiary/aromatic N) is 3. The number of ether oxygens (including phenoxy) is 1. The largest absolute Gasteiger partial charge is 0.443 e. The normalized spacial score (nSPS) is 18.1. The van der Waals surface area contributed by atoms with Gasteiger partial charge in [-0.1, -0.05) is 0 Å². The Morgan fingerprint density at radius 1 is 1.03 bits per heavy atom. The van der Waals surface area contributed by atoms with Crippen molar-refractivity contribution < 1.29 is 9.53 Å². The van der Waals surface area contributed by atoms with Crippen molar-refractivity contribution in [3.63, 3.8) is 0 Å². The first-order chi connectivity index (χ1) is 13.4. The highest BCUT2D eigenvalue weighted by Gasteiger charge is 2.42.